The minimum Gasteiger partial charge on any atom is -0.298 e. The molecule has 0 saturated heterocycles. The summed E-state index contributed by atoms with van der Waals surface area (Å²) in [4.78, 5) is 17.1. The Morgan fingerprint density at radius 2 is 1.79 bits per heavy atom. The van der Waals surface area contributed by atoms with Gasteiger partial charge in [0, 0.05) is 30.6 Å². The molecular weight excluding hydrogens is 406 g/mol. The predicted molar refractivity (Wildman–Crippen MR) is 117 cm³/mol. The second-order valence-corrected chi connectivity index (χ2v) is 10.1. The van der Waals surface area contributed by atoms with Crippen LogP contribution in [-0.2, 0) is 10.0 Å². The third-order valence-corrected chi connectivity index (χ3v) is 7.04. The van der Waals surface area contributed by atoms with Gasteiger partial charge in [-0.15, -0.1) is 11.3 Å². The van der Waals surface area contributed by atoms with Crippen molar-refractivity contribution in [1.82, 2.24) is 9.29 Å². The Hall–Kier alpha value is -2.55. The van der Waals surface area contributed by atoms with E-state index in [0.717, 1.165) is 15.6 Å². The summed E-state index contributed by atoms with van der Waals surface area (Å²) in [5, 5.41) is 5.09. The van der Waals surface area contributed by atoms with Crippen molar-refractivity contribution in [3.05, 3.63) is 65.0 Å². The van der Waals surface area contributed by atoms with E-state index >= 15 is 0 Å². The molecule has 0 aliphatic carbocycles. The minimum atomic E-state index is -3.61. The SMILES string of the molecule is CC(C)c1ccc(-c2csc(NC(=O)c3cccc(S(=O)(=O)N(C)C)c3)n2)cc1. The molecule has 0 radical (unpaired) electrons. The van der Waals surface area contributed by atoms with Crippen LogP contribution in [0.1, 0.15) is 35.7 Å². The van der Waals surface area contributed by atoms with Gasteiger partial charge in [-0.05, 0) is 29.7 Å². The number of hydrogen-bond donors (Lipinski definition) is 1. The molecule has 0 atom stereocenters. The molecule has 3 aromatic rings. The Bertz CT molecular complexity index is 1120. The molecule has 6 nitrogen and oxygen atoms in total. The number of carbonyl (C=O) groups is 1. The van der Waals surface area contributed by atoms with E-state index in [4.69, 9.17) is 0 Å². The van der Waals surface area contributed by atoms with Crippen LogP contribution < -0.4 is 5.32 Å². The molecule has 1 amide bonds. The van der Waals surface area contributed by atoms with Crippen LogP contribution in [0.2, 0.25) is 0 Å². The van der Waals surface area contributed by atoms with Crippen molar-refractivity contribution < 1.29 is 13.2 Å². The molecule has 0 unspecified atom stereocenters. The third-order valence-electron chi connectivity index (χ3n) is 4.47. The molecule has 0 aliphatic rings. The van der Waals surface area contributed by atoms with Crippen LogP contribution in [0, 0.1) is 0 Å². The number of nitrogens with one attached hydrogen (secondary N) is 1. The maximum Gasteiger partial charge on any atom is 0.257 e. The minimum absolute atomic E-state index is 0.0696. The summed E-state index contributed by atoms with van der Waals surface area (Å²) < 4.78 is 25.7. The van der Waals surface area contributed by atoms with Crippen LogP contribution in [0.3, 0.4) is 0 Å². The number of nitrogens with zero attached hydrogens (tertiary/aromatic N) is 2. The fraction of sp³-hybridized carbons (Fsp3) is 0.238. The van der Waals surface area contributed by atoms with Crippen LogP contribution in [0.5, 0.6) is 0 Å². The topological polar surface area (TPSA) is 79.4 Å². The van der Waals surface area contributed by atoms with Crippen molar-refractivity contribution in [2.75, 3.05) is 19.4 Å². The summed E-state index contributed by atoms with van der Waals surface area (Å²) in [6, 6.07) is 14.1. The average molecular weight is 430 g/mol. The van der Waals surface area contributed by atoms with E-state index in [2.05, 4.69) is 36.3 Å². The van der Waals surface area contributed by atoms with E-state index in [9.17, 15) is 13.2 Å². The summed E-state index contributed by atoms with van der Waals surface area (Å²) in [7, 11) is -0.705. The van der Waals surface area contributed by atoms with Gasteiger partial charge in [-0.25, -0.2) is 17.7 Å². The van der Waals surface area contributed by atoms with Crippen LogP contribution in [0.4, 0.5) is 5.13 Å². The second kappa shape index (κ2) is 8.44. The van der Waals surface area contributed by atoms with E-state index in [0.29, 0.717) is 11.0 Å². The zero-order chi connectivity index (χ0) is 21.2. The Balaban J connectivity index is 1.77. The highest BCUT2D eigenvalue weighted by Gasteiger charge is 2.19. The molecule has 152 valence electrons. The molecule has 3 rings (SSSR count). The number of carbonyl (C=O) groups excluding carboxylic acids is 1. The smallest absolute Gasteiger partial charge is 0.257 e. The third kappa shape index (κ3) is 4.72. The molecule has 1 aromatic heterocycles. The van der Waals surface area contributed by atoms with Crippen molar-refractivity contribution in [3.8, 4) is 11.3 Å². The molecular formula is C21H23N3O3S2. The first-order valence-corrected chi connectivity index (χ1v) is 11.4. The number of thiazole rings is 1. The van der Waals surface area contributed by atoms with Crippen LogP contribution in [0.15, 0.2) is 58.8 Å². The predicted octanol–water partition coefficient (Wildman–Crippen LogP) is 4.44. The zero-order valence-corrected chi connectivity index (χ0v) is 18.3. The molecule has 0 aliphatic heterocycles. The molecule has 29 heavy (non-hydrogen) atoms. The van der Waals surface area contributed by atoms with Crippen molar-refractivity contribution in [2.45, 2.75) is 24.7 Å². The standard InChI is InChI=1S/C21H23N3O3S2/c1-14(2)15-8-10-16(11-9-15)19-13-28-21(22-19)23-20(25)17-6-5-7-18(12-17)29(26,27)24(3)4/h5-14H,1-4H3,(H,22,23,25). The second-order valence-electron chi connectivity index (χ2n) is 7.08. The van der Waals surface area contributed by atoms with Gasteiger partial charge in [-0.2, -0.15) is 0 Å². The molecule has 0 saturated carbocycles. The number of sulfonamides is 1. The number of anilines is 1. The number of aromatic nitrogens is 1. The van der Waals surface area contributed by atoms with E-state index < -0.39 is 15.9 Å². The lowest BCUT2D eigenvalue weighted by atomic mass is 10.0. The number of benzene rings is 2. The zero-order valence-electron chi connectivity index (χ0n) is 16.7. The Morgan fingerprint density at radius 1 is 1.10 bits per heavy atom. The molecule has 0 fully saturated rings. The van der Waals surface area contributed by atoms with Crippen LogP contribution in [-0.4, -0.2) is 37.7 Å². The quantitative estimate of drug-likeness (QED) is 0.628. The molecule has 1 heterocycles. The largest absolute Gasteiger partial charge is 0.298 e. The fourth-order valence-corrected chi connectivity index (χ4v) is 4.34. The maximum atomic E-state index is 12.6. The van der Waals surface area contributed by atoms with Crippen LogP contribution >= 0.6 is 11.3 Å². The van der Waals surface area contributed by atoms with Gasteiger partial charge >= 0.3 is 0 Å². The van der Waals surface area contributed by atoms with E-state index in [1.807, 2.05) is 17.5 Å². The maximum absolute atomic E-state index is 12.6. The van der Waals surface area contributed by atoms with E-state index in [1.54, 1.807) is 12.1 Å². The molecule has 1 N–H and O–H groups in total. The molecule has 0 bridgehead atoms. The van der Waals surface area contributed by atoms with E-state index in [-0.39, 0.29) is 10.5 Å². The molecule has 2 aromatic carbocycles. The normalized spacial score (nSPS) is 11.8. The van der Waals surface area contributed by atoms with Gasteiger partial charge in [0.1, 0.15) is 0 Å². The van der Waals surface area contributed by atoms with Gasteiger partial charge in [0.2, 0.25) is 10.0 Å². The lowest BCUT2D eigenvalue weighted by molar-refractivity contribution is 0.102. The van der Waals surface area contributed by atoms with Crippen molar-refractivity contribution >= 4 is 32.4 Å². The molecule has 0 spiro atoms. The highest BCUT2D eigenvalue weighted by molar-refractivity contribution is 7.89. The lowest BCUT2D eigenvalue weighted by Crippen LogP contribution is -2.22. The number of amides is 1. The van der Waals surface area contributed by atoms with Gasteiger partial charge in [0.05, 0.1) is 10.6 Å². The summed E-state index contributed by atoms with van der Waals surface area (Å²) in [6.07, 6.45) is 0. The van der Waals surface area contributed by atoms with Gasteiger partial charge in [0.25, 0.3) is 5.91 Å². The van der Waals surface area contributed by atoms with Gasteiger partial charge in [0.15, 0.2) is 5.13 Å². The van der Waals surface area contributed by atoms with Crippen molar-refractivity contribution in [1.29, 1.82) is 0 Å². The first-order valence-electron chi connectivity index (χ1n) is 9.08. The van der Waals surface area contributed by atoms with Gasteiger partial charge in [-0.1, -0.05) is 44.2 Å². The summed E-state index contributed by atoms with van der Waals surface area (Å²) in [5.74, 6) is 0.0540. The Kier molecular flexibility index (Phi) is 6.16. The van der Waals surface area contributed by atoms with Crippen molar-refractivity contribution in [2.24, 2.45) is 0 Å². The Morgan fingerprint density at radius 3 is 2.41 bits per heavy atom. The lowest BCUT2D eigenvalue weighted by Gasteiger charge is -2.12. The first-order chi connectivity index (χ1) is 13.7. The molecule has 8 heteroatoms. The summed E-state index contributed by atoms with van der Waals surface area (Å²) in [5.41, 5.74) is 3.27. The monoisotopic (exact) mass is 429 g/mol. The highest BCUT2D eigenvalue weighted by atomic mass is 32.2. The highest BCUT2D eigenvalue weighted by Crippen LogP contribution is 2.27. The van der Waals surface area contributed by atoms with Crippen molar-refractivity contribution in [3.63, 3.8) is 0 Å². The fourth-order valence-electron chi connectivity index (χ4n) is 2.68. The Labute approximate surface area is 175 Å². The van der Waals surface area contributed by atoms with Gasteiger partial charge in [-0.3, -0.25) is 10.1 Å². The van der Waals surface area contributed by atoms with E-state index in [1.165, 1.54) is 43.1 Å². The first kappa shape index (κ1) is 21.2. The van der Waals surface area contributed by atoms with Crippen LogP contribution in [0.25, 0.3) is 11.3 Å². The number of rotatable bonds is 6. The number of hydrogen-bond acceptors (Lipinski definition) is 5. The van der Waals surface area contributed by atoms with Gasteiger partial charge < -0.3 is 0 Å². The summed E-state index contributed by atoms with van der Waals surface area (Å²) in [6.45, 7) is 4.29. The summed E-state index contributed by atoms with van der Waals surface area (Å²) >= 11 is 1.32. The average Bonchev–Trinajstić information content (AvgIpc) is 3.16.